The van der Waals surface area contributed by atoms with Crippen LogP contribution in [0.3, 0.4) is 0 Å². The second-order valence-corrected chi connectivity index (χ2v) is 8.01. The van der Waals surface area contributed by atoms with E-state index in [0.29, 0.717) is 27.6 Å². The lowest BCUT2D eigenvalue weighted by Gasteiger charge is -1.94. The summed E-state index contributed by atoms with van der Waals surface area (Å²) in [5, 5.41) is 9.52. The first-order chi connectivity index (χ1) is 11.7. The Bertz CT molecular complexity index is 998. The Morgan fingerprint density at radius 3 is 2.62 bits per heavy atom. The van der Waals surface area contributed by atoms with E-state index in [-0.39, 0.29) is 0 Å². The van der Waals surface area contributed by atoms with E-state index in [1.54, 1.807) is 35.2 Å². The molecule has 0 bridgehead atoms. The van der Waals surface area contributed by atoms with Gasteiger partial charge in [-0.25, -0.2) is 4.98 Å². The van der Waals surface area contributed by atoms with Gasteiger partial charge in [-0.05, 0) is 42.5 Å². The molecule has 0 aliphatic carbocycles. The molecule has 0 amide bonds. The van der Waals surface area contributed by atoms with E-state index in [9.17, 15) is 0 Å². The van der Waals surface area contributed by atoms with Crippen LogP contribution in [0.2, 0.25) is 10.0 Å². The van der Waals surface area contributed by atoms with E-state index < -0.39 is 0 Å². The SMILES string of the molecule is Clc1ccc(-c2nnc(CSc3nc4cc(Cl)ccc4s3)o2)cc1. The fraction of sp³-hybridized carbons (Fsp3) is 0.0625. The van der Waals surface area contributed by atoms with Gasteiger partial charge in [0.1, 0.15) is 0 Å². The molecule has 0 aliphatic rings. The van der Waals surface area contributed by atoms with Crippen molar-refractivity contribution in [3.63, 3.8) is 0 Å². The predicted octanol–water partition coefficient (Wildman–Crippen LogP) is 5.95. The van der Waals surface area contributed by atoms with Crippen molar-refractivity contribution in [1.29, 1.82) is 0 Å². The van der Waals surface area contributed by atoms with Crippen molar-refractivity contribution in [2.75, 3.05) is 0 Å². The van der Waals surface area contributed by atoms with Crippen LogP contribution < -0.4 is 0 Å². The minimum atomic E-state index is 0.485. The molecule has 2 heterocycles. The molecule has 0 N–H and O–H groups in total. The average molecular weight is 394 g/mol. The molecule has 0 saturated carbocycles. The summed E-state index contributed by atoms with van der Waals surface area (Å²) in [7, 11) is 0. The third-order valence-corrected chi connectivity index (χ3v) is 5.86. The Kier molecular flexibility index (Phi) is 4.45. The van der Waals surface area contributed by atoms with Gasteiger partial charge in [-0.15, -0.1) is 21.5 Å². The molecule has 2 aromatic heterocycles. The Balaban J connectivity index is 1.48. The number of halogens is 2. The summed E-state index contributed by atoms with van der Waals surface area (Å²) < 4.78 is 7.74. The molecular weight excluding hydrogens is 385 g/mol. The van der Waals surface area contributed by atoms with Crippen molar-refractivity contribution in [3.8, 4) is 11.5 Å². The lowest BCUT2D eigenvalue weighted by molar-refractivity contribution is 0.528. The maximum Gasteiger partial charge on any atom is 0.247 e. The highest BCUT2D eigenvalue weighted by atomic mass is 35.5. The topological polar surface area (TPSA) is 51.8 Å². The molecule has 4 aromatic rings. The lowest BCUT2D eigenvalue weighted by Crippen LogP contribution is -1.79. The van der Waals surface area contributed by atoms with Crippen molar-refractivity contribution < 1.29 is 4.42 Å². The number of fused-ring (bicyclic) bond motifs is 1. The Labute approximate surface area is 155 Å². The summed E-state index contributed by atoms with van der Waals surface area (Å²) in [6, 6.07) is 13.0. The first-order valence-electron chi connectivity index (χ1n) is 6.94. The fourth-order valence-corrected chi connectivity index (χ4v) is 4.26. The number of hydrogen-bond acceptors (Lipinski definition) is 6. The molecule has 0 unspecified atom stereocenters. The Morgan fingerprint density at radius 1 is 1.00 bits per heavy atom. The molecule has 4 nitrogen and oxygen atoms in total. The van der Waals surface area contributed by atoms with Gasteiger partial charge in [0.2, 0.25) is 11.8 Å². The first-order valence-corrected chi connectivity index (χ1v) is 9.50. The summed E-state index contributed by atoms with van der Waals surface area (Å²) in [6.07, 6.45) is 0. The molecule has 0 atom stereocenters. The standard InChI is InChI=1S/C16H9Cl2N3OS2/c17-10-3-1-9(2-4-10)15-21-20-14(22-15)8-23-16-19-12-7-11(18)5-6-13(12)24-16/h1-7H,8H2. The highest BCUT2D eigenvalue weighted by Gasteiger charge is 2.11. The molecule has 0 aliphatic heterocycles. The third kappa shape index (κ3) is 3.42. The quantitative estimate of drug-likeness (QED) is 0.401. The molecule has 120 valence electrons. The molecule has 0 fully saturated rings. The van der Waals surface area contributed by atoms with Gasteiger partial charge in [-0.2, -0.15) is 0 Å². The van der Waals surface area contributed by atoms with Crippen LogP contribution in [0.5, 0.6) is 0 Å². The summed E-state index contributed by atoms with van der Waals surface area (Å²) in [4.78, 5) is 4.56. The molecule has 0 spiro atoms. The Hall–Kier alpha value is -1.60. The zero-order chi connectivity index (χ0) is 16.5. The Morgan fingerprint density at radius 2 is 1.79 bits per heavy atom. The van der Waals surface area contributed by atoms with Crippen LogP contribution in [-0.4, -0.2) is 15.2 Å². The number of thiazole rings is 1. The second-order valence-electron chi connectivity index (χ2n) is 4.89. The monoisotopic (exact) mass is 393 g/mol. The predicted molar refractivity (Wildman–Crippen MR) is 98.9 cm³/mol. The first kappa shape index (κ1) is 15.9. The number of rotatable bonds is 4. The molecule has 2 aromatic carbocycles. The van der Waals surface area contributed by atoms with Crippen LogP contribution in [0, 0.1) is 0 Å². The third-order valence-electron chi connectivity index (χ3n) is 3.21. The number of aromatic nitrogens is 3. The smallest absolute Gasteiger partial charge is 0.247 e. The van der Waals surface area contributed by atoms with E-state index in [1.807, 2.05) is 30.3 Å². The fourth-order valence-electron chi connectivity index (χ4n) is 2.09. The number of benzene rings is 2. The molecule has 8 heteroatoms. The van der Waals surface area contributed by atoms with Crippen LogP contribution in [0.15, 0.2) is 51.2 Å². The van der Waals surface area contributed by atoms with Crippen molar-refractivity contribution in [3.05, 3.63) is 58.4 Å². The van der Waals surface area contributed by atoms with Crippen LogP contribution in [-0.2, 0) is 5.75 Å². The van der Waals surface area contributed by atoms with Gasteiger partial charge < -0.3 is 4.42 Å². The van der Waals surface area contributed by atoms with Gasteiger partial charge in [0, 0.05) is 15.6 Å². The van der Waals surface area contributed by atoms with Crippen molar-refractivity contribution >= 4 is 56.5 Å². The minimum Gasteiger partial charge on any atom is -0.420 e. The summed E-state index contributed by atoms with van der Waals surface area (Å²) >= 11 is 15.1. The van der Waals surface area contributed by atoms with Gasteiger partial charge in [0.05, 0.1) is 16.0 Å². The summed E-state index contributed by atoms with van der Waals surface area (Å²) in [5.41, 5.74) is 1.75. The van der Waals surface area contributed by atoms with Crippen molar-refractivity contribution in [2.24, 2.45) is 0 Å². The molecule has 0 saturated heterocycles. The van der Waals surface area contributed by atoms with Crippen LogP contribution in [0.1, 0.15) is 5.89 Å². The van der Waals surface area contributed by atoms with Crippen LogP contribution in [0.25, 0.3) is 21.7 Å². The van der Waals surface area contributed by atoms with Gasteiger partial charge in [0.25, 0.3) is 0 Å². The number of nitrogens with zero attached hydrogens (tertiary/aromatic N) is 3. The van der Waals surface area contributed by atoms with E-state index >= 15 is 0 Å². The highest BCUT2D eigenvalue weighted by Crippen LogP contribution is 2.33. The largest absolute Gasteiger partial charge is 0.420 e. The van der Waals surface area contributed by atoms with Gasteiger partial charge in [0.15, 0.2) is 4.34 Å². The average Bonchev–Trinajstić information content (AvgIpc) is 3.19. The highest BCUT2D eigenvalue weighted by molar-refractivity contribution is 8.00. The van der Waals surface area contributed by atoms with Crippen LogP contribution >= 0.6 is 46.3 Å². The molecule has 0 radical (unpaired) electrons. The maximum absolute atomic E-state index is 5.99. The van der Waals surface area contributed by atoms with Gasteiger partial charge in [-0.1, -0.05) is 35.0 Å². The molecular formula is C16H9Cl2N3OS2. The van der Waals surface area contributed by atoms with E-state index in [2.05, 4.69) is 15.2 Å². The second kappa shape index (κ2) is 6.72. The van der Waals surface area contributed by atoms with Gasteiger partial charge >= 0.3 is 0 Å². The van der Waals surface area contributed by atoms with Crippen molar-refractivity contribution in [2.45, 2.75) is 10.1 Å². The van der Waals surface area contributed by atoms with Crippen molar-refractivity contribution in [1.82, 2.24) is 15.2 Å². The van der Waals surface area contributed by atoms with Gasteiger partial charge in [-0.3, -0.25) is 0 Å². The van der Waals surface area contributed by atoms with E-state index in [1.165, 1.54) is 0 Å². The molecule has 24 heavy (non-hydrogen) atoms. The van der Waals surface area contributed by atoms with E-state index in [4.69, 9.17) is 27.6 Å². The molecule has 4 rings (SSSR count). The minimum absolute atomic E-state index is 0.485. The zero-order valence-electron chi connectivity index (χ0n) is 12.1. The summed E-state index contributed by atoms with van der Waals surface area (Å²) in [5.74, 6) is 1.61. The number of hydrogen-bond donors (Lipinski definition) is 0. The van der Waals surface area contributed by atoms with E-state index in [0.717, 1.165) is 20.1 Å². The lowest BCUT2D eigenvalue weighted by atomic mass is 10.2. The normalized spacial score (nSPS) is 11.2. The summed E-state index contributed by atoms with van der Waals surface area (Å²) in [6.45, 7) is 0. The zero-order valence-corrected chi connectivity index (χ0v) is 15.2. The van der Waals surface area contributed by atoms with Crippen LogP contribution in [0.4, 0.5) is 0 Å². The number of thioether (sulfide) groups is 1. The maximum atomic E-state index is 5.99.